The summed E-state index contributed by atoms with van der Waals surface area (Å²) in [5, 5.41) is 19.1. The lowest BCUT2D eigenvalue weighted by Crippen LogP contribution is -2.19. The highest BCUT2D eigenvalue weighted by Crippen LogP contribution is 2.15. The van der Waals surface area contributed by atoms with Gasteiger partial charge in [-0.1, -0.05) is 33.6 Å². The number of aliphatic hydroxyl groups is 2. The van der Waals surface area contributed by atoms with Gasteiger partial charge in [-0.2, -0.15) is 0 Å². The highest BCUT2D eigenvalue weighted by molar-refractivity contribution is 4.65. The van der Waals surface area contributed by atoms with Crippen molar-refractivity contribution in [2.45, 2.75) is 65.1 Å². The van der Waals surface area contributed by atoms with Crippen molar-refractivity contribution >= 4 is 0 Å². The number of rotatable bonds is 7. The summed E-state index contributed by atoms with van der Waals surface area (Å²) in [4.78, 5) is 0. The Morgan fingerprint density at radius 3 is 2.08 bits per heavy atom. The smallest absolute Gasteiger partial charge is 0.0566 e. The number of aliphatic hydroxyl groups excluding tert-OH is 2. The molecular formula is C11H24O2. The monoisotopic (exact) mass is 188 g/mol. The van der Waals surface area contributed by atoms with Crippen LogP contribution < -0.4 is 0 Å². The van der Waals surface area contributed by atoms with Gasteiger partial charge in [0.05, 0.1) is 12.2 Å². The fourth-order valence-corrected chi connectivity index (χ4v) is 1.40. The SMILES string of the molecule is CCCC(O)CCC(O)C(C)CC. The molecule has 0 saturated carbocycles. The zero-order valence-electron chi connectivity index (χ0n) is 9.16. The third kappa shape index (κ3) is 6.05. The Balaban J connectivity index is 3.50. The van der Waals surface area contributed by atoms with Gasteiger partial charge >= 0.3 is 0 Å². The van der Waals surface area contributed by atoms with E-state index in [1.165, 1.54) is 0 Å². The van der Waals surface area contributed by atoms with Crippen LogP contribution in [0.2, 0.25) is 0 Å². The predicted octanol–water partition coefficient (Wildman–Crippen LogP) is 2.33. The molecule has 0 radical (unpaired) electrons. The van der Waals surface area contributed by atoms with Crippen molar-refractivity contribution in [1.29, 1.82) is 0 Å². The maximum absolute atomic E-state index is 9.62. The van der Waals surface area contributed by atoms with Crippen LogP contribution in [0.5, 0.6) is 0 Å². The fraction of sp³-hybridized carbons (Fsp3) is 1.00. The summed E-state index contributed by atoms with van der Waals surface area (Å²) < 4.78 is 0. The molecule has 0 saturated heterocycles. The molecule has 0 aromatic carbocycles. The highest BCUT2D eigenvalue weighted by Gasteiger charge is 2.13. The summed E-state index contributed by atoms with van der Waals surface area (Å²) in [7, 11) is 0. The minimum atomic E-state index is -0.239. The second-order valence-electron chi connectivity index (χ2n) is 3.97. The molecule has 3 unspecified atom stereocenters. The predicted molar refractivity (Wildman–Crippen MR) is 55.6 cm³/mol. The van der Waals surface area contributed by atoms with E-state index in [1.807, 2.05) is 0 Å². The van der Waals surface area contributed by atoms with Crippen LogP contribution >= 0.6 is 0 Å². The van der Waals surface area contributed by atoms with Gasteiger partial charge in [-0.3, -0.25) is 0 Å². The van der Waals surface area contributed by atoms with Crippen LogP contribution in [-0.2, 0) is 0 Å². The van der Waals surface area contributed by atoms with E-state index in [9.17, 15) is 10.2 Å². The first-order chi connectivity index (χ1) is 6.11. The van der Waals surface area contributed by atoms with E-state index in [0.717, 1.165) is 32.1 Å². The molecule has 0 aliphatic rings. The molecule has 0 amide bonds. The molecule has 0 bridgehead atoms. The lowest BCUT2D eigenvalue weighted by Gasteiger charge is -2.18. The van der Waals surface area contributed by atoms with E-state index in [2.05, 4.69) is 20.8 Å². The lowest BCUT2D eigenvalue weighted by molar-refractivity contribution is 0.0755. The van der Waals surface area contributed by atoms with Gasteiger partial charge in [-0.05, 0) is 25.2 Å². The fourth-order valence-electron chi connectivity index (χ4n) is 1.40. The minimum absolute atomic E-state index is 0.219. The molecule has 0 aromatic heterocycles. The van der Waals surface area contributed by atoms with E-state index < -0.39 is 0 Å². The highest BCUT2D eigenvalue weighted by atomic mass is 16.3. The molecule has 0 aliphatic carbocycles. The molecule has 0 rings (SSSR count). The largest absolute Gasteiger partial charge is 0.393 e. The molecule has 3 atom stereocenters. The molecule has 2 heteroatoms. The van der Waals surface area contributed by atoms with Gasteiger partial charge in [0.2, 0.25) is 0 Å². The summed E-state index contributed by atoms with van der Waals surface area (Å²) in [5.41, 5.74) is 0. The first kappa shape index (κ1) is 12.9. The van der Waals surface area contributed by atoms with Gasteiger partial charge in [0, 0.05) is 0 Å². The Morgan fingerprint density at radius 2 is 1.62 bits per heavy atom. The average Bonchev–Trinajstić information content (AvgIpc) is 2.13. The quantitative estimate of drug-likeness (QED) is 0.644. The Hall–Kier alpha value is -0.0800. The second kappa shape index (κ2) is 7.34. The van der Waals surface area contributed by atoms with Crippen molar-refractivity contribution in [3.05, 3.63) is 0 Å². The lowest BCUT2D eigenvalue weighted by atomic mass is 9.96. The molecule has 13 heavy (non-hydrogen) atoms. The summed E-state index contributed by atoms with van der Waals surface area (Å²) in [5.74, 6) is 0.355. The van der Waals surface area contributed by atoms with E-state index in [0.29, 0.717) is 5.92 Å². The Labute approximate surface area is 82.0 Å². The van der Waals surface area contributed by atoms with Crippen LogP contribution in [0.1, 0.15) is 52.9 Å². The van der Waals surface area contributed by atoms with Crippen molar-refractivity contribution in [2.75, 3.05) is 0 Å². The molecule has 2 N–H and O–H groups in total. The van der Waals surface area contributed by atoms with Crippen LogP contribution in [0.3, 0.4) is 0 Å². The maximum atomic E-state index is 9.62. The normalized spacial score (nSPS) is 18.2. The van der Waals surface area contributed by atoms with Crippen molar-refractivity contribution < 1.29 is 10.2 Å². The van der Waals surface area contributed by atoms with Gasteiger partial charge in [-0.15, -0.1) is 0 Å². The summed E-state index contributed by atoms with van der Waals surface area (Å²) in [6.07, 6.45) is 3.88. The van der Waals surface area contributed by atoms with Crippen molar-refractivity contribution in [3.8, 4) is 0 Å². The molecule has 0 spiro atoms. The molecule has 0 aromatic rings. The van der Waals surface area contributed by atoms with Crippen molar-refractivity contribution in [1.82, 2.24) is 0 Å². The number of hydrogen-bond donors (Lipinski definition) is 2. The Bertz CT molecular complexity index is 115. The van der Waals surface area contributed by atoms with Gasteiger partial charge < -0.3 is 10.2 Å². The van der Waals surface area contributed by atoms with Crippen molar-refractivity contribution in [3.63, 3.8) is 0 Å². The summed E-state index contributed by atoms with van der Waals surface area (Å²) in [6.45, 7) is 6.20. The van der Waals surface area contributed by atoms with Gasteiger partial charge in [0.15, 0.2) is 0 Å². The molecule has 0 fully saturated rings. The second-order valence-corrected chi connectivity index (χ2v) is 3.97. The van der Waals surface area contributed by atoms with Crippen LogP contribution in [-0.4, -0.2) is 22.4 Å². The first-order valence-corrected chi connectivity index (χ1v) is 5.47. The molecule has 80 valence electrons. The van der Waals surface area contributed by atoms with Crippen LogP contribution in [0.25, 0.3) is 0 Å². The molecule has 0 heterocycles. The van der Waals surface area contributed by atoms with Crippen LogP contribution in [0, 0.1) is 5.92 Å². The Morgan fingerprint density at radius 1 is 1.00 bits per heavy atom. The summed E-state index contributed by atoms with van der Waals surface area (Å²) >= 11 is 0. The maximum Gasteiger partial charge on any atom is 0.0566 e. The van der Waals surface area contributed by atoms with Crippen molar-refractivity contribution in [2.24, 2.45) is 5.92 Å². The van der Waals surface area contributed by atoms with Crippen LogP contribution in [0.4, 0.5) is 0 Å². The summed E-state index contributed by atoms with van der Waals surface area (Å²) in [6, 6.07) is 0. The first-order valence-electron chi connectivity index (χ1n) is 5.47. The van der Waals surface area contributed by atoms with E-state index in [-0.39, 0.29) is 12.2 Å². The van der Waals surface area contributed by atoms with Gasteiger partial charge in [-0.25, -0.2) is 0 Å². The standard InChI is InChI=1S/C11H24O2/c1-4-6-10(12)7-8-11(13)9(3)5-2/h9-13H,4-8H2,1-3H3. The van der Waals surface area contributed by atoms with E-state index in [1.54, 1.807) is 0 Å². The average molecular weight is 188 g/mol. The van der Waals surface area contributed by atoms with Gasteiger partial charge in [0.25, 0.3) is 0 Å². The van der Waals surface area contributed by atoms with E-state index in [4.69, 9.17) is 0 Å². The topological polar surface area (TPSA) is 40.5 Å². The third-order valence-corrected chi connectivity index (χ3v) is 2.72. The van der Waals surface area contributed by atoms with Gasteiger partial charge in [0.1, 0.15) is 0 Å². The molecule has 0 aliphatic heterocycles. The molecular weight excluding hydrogens is 164 g/mol. The number of hydrogen-bond acceptors (Lipinski definition) is 2. The third-order valence-electron chi connectivity index (χ3n) is 2.72. The Kier molecular flexibility index (Phi) is 7.29. The minimum Gasteiger partial charge on any atom is -0.393 e. The van der Waals surface area contributed by atoms with Crippen LogP contribution in [0.15, 0.2) is 0 Å². The zero-order valence-corrected chi connectivity index (χ0v) is 9.16. The van der Waals surface area contributed by atoms with E-state index >= 15 is 0 Å². The zero-order chi connectivity index (χ0) is 10.3. The molecule has 2 nitrogen and oxygen atoms in total.